The largest absolute Gasteiger partial charge is 0.486 e. The summed E-state index contributed by atoms with van der Waals surface area (Å²) < 4.78 is 36.4. The number of nitrogens with one attached hydrogen (secondary N) is 2. The minimum absolute atomic E-state index is 0.0776. The van der Waals surface area contributed by atoms with E-state index in [-0.39, 0.29) is 28.9 Å². The Kier molecular flexibility index (Phi) is 6.10. The first kappa shape index (κ1) is 21.5. The molecular formula is C21H22N2O6S2. The third kappa shape index (κ3) is 4.96. The van der Waals surface area contributed by atoms with Crippen molar-refractivity contribution < 1.29 is 27.5 Å². The summed E-state index contributed by atoms with van der Waals surface area (Å²) >= 11 is 1.51. The maximum absolute atomic E-state index is 12.8. The van der Waals surface area contributed by atoms with Crippen molar-refractivity contribution in [2.24, 2.45) is 5.92 Å². The molecule has 2 aliphatic rings. The summed E-state index contributed by atoms with van der Waals surface area (Å²) in [6.07, 6.45) is -0.202. The number of hydrogen-bond acceptors (Lipinski definition) is 7. The van der Waals surface area contributed by atoms with Crippen molar-refractivity contribution in [2.45, 2.75) is 23.1 Å². The highest BCUT2D eigenvalue weighted by molar-refractivity contribution is 7.99. The lowest BCUT2D eigenvalue weighted by Crippen LogP contribution is -2.20. The second-order valence-electron chi connectivity index (χ2n) is 7.33. The summed E-state index contributed by atoms with van der Waals surface area (Å²) in [6.45, 7) is 2.73. The van der Waals surface area contributed by atoms with Crippen LogP contribution in [0, 0.1) is 5.92 Å². The molecule has 0 radical (unpaired) electrons. The molecule has 2 N–H and O–H groups in total. The maximum atomic E-state index is 12.8. The van der Waals surface area contributed by atoms with E-state index in [2.05, 4.69) is 10.6 Å². The van der Waals surface area contributed by atoms with Gasteiger partial charge in [0.1, 0.15) is 13.2 Å². The van der Waals surface area contributed by atoms with E-state index in [9.17, 15) is 18.0 Å². The molecule has 31 heavy (non-hydrogen) atoms. The summed E-state index contributed by atoms with van der Waals surface area (Å²) in [7, 11) is -3.70. The van der Waals surface area contributed by atoms with Gasteiger partial charge < -0.3 is 20.1 Å². The first-order chi connectivity index (χ1) is 14.8. The molecule has 164 valence electrons. The summed E-state index contributed by atoms with van der Waals surface area (Å²) in [5.74, 6) is 0.699. The number of sulfone groups is 1. The Balaban J connectivity index is 1.41. The number of rotatable bonds is 5. The summed E-state index contributed by atoms with van der Waals surface area (Å²) in [4.78, 5) is 25.3. The van der Waals surface area contributed by atoms with Crippen molar-refractivity contribution >= 4 is 44.8 Å². The Bertz CT molecular complexity index is 1130. The molecule has 0 aromatic heterocycles. The molecule has 0 saturated heterocycles. The van der Waals surface area contributed by atoms with Crippen molar-refractivity contribution in [2.75, 3.05) is 35.4 Å². The van der Waals surface area contributed by atoms with Gasteiger partial charge in [0.05, 0.1) is 16.3 Å². The average molecular weight is 463 g/mol. The summed E-state index contributed by atoms with van der Waals surface area (Å²) in [6, 6.07) is 9.70. The van der Waals surface area contributed by atoms with E-state index in [1.54, 1.807) is 24.3 Å². The number of amides is 2. The van der Waals surface area contributed by atoms with Gasteiger partial charge in [-0.1, -0.05) is 6.92 Å². The molecule has 0 fully saturated rings. The molecule has 2 aromatic rings. The number of ether oxygens (including phenoxy) is 2. The van der Waals surface area contributed by atoms with Crippen LogP contribution in [0.15, 0.2) is 46.2 Å². The molecule has 8 nitrogen and oxygen atoms in total. The van der Waals surface area contributed by atoms with Gasteiger partial charge in [-0.05, 0) is 30.3 Å². The fourth-order valence-electron chi connectivity index (χ4n) is 3.16. The molecule has 2 aromatic carbocycles. The highest BCUT2D eigenvalue weighted by Crippen LogP contribution is 2.35. The predicted octanol–water partition coefficient (Wildman–Crippen LogP) is 2.94. The Hall–Kier alpha value is -2.72. The molecular weight excluding hydrogens is 440 g/mol. The first-order valence-corrected chi connectivity index (χ1v) is 12.5. The van der Waals surface area contributed by atoms with Gasteiger partial charge in [-0.15, -0.1) is 11.8 Å². The van der Waals surface area contributed by atoms with Gasteiger partial charge in [0, 0.05) is 34.7 Å². The lowest BCUT2D eigenvalue weighted by Gasteiger charge is -2.19. The van der Waals surface area contributed by atoms with Gasteiger partial charge in [0.25, 0.3) is 0 Å². The lowest BCUT2D eigenvalue weighted by atomic mass is 10.2. The van der Waals surface area contributed by atoms with Crippen molar-refractivity contribution in [3.05, 3.63) is 36.4 Å². The molecule has 0 bridgehead atoms. The van der Waals surface area contributed by atoms with E-state index in [1.807, 2.05) is 6.92 Å². The third-order valence-corrected chi connectivity index (χ3v) is 7.98. The van der Waals surface area contributed by atoms with Crippen LogP contribution in [0.1, 0.15) is 13.3 Å². The quantitative estimate of drug-likeness (QED) is 0.703. The zero-order chi connectivity index (χ0) is 22.0. The third-order valence-electron chi connectivity index (χ3n) is 4.93. The van der Waals surface area contributed by atoms with Gasteiger partial charge in [0.2, 0.25) is 11.8 Å². The Morgan fingerprint density at radius 3 is 2.74 bits per heavy atom. The monoisotopic (exact) mass is 462 g/mol. The van der Waals surface area contributed by atoms with Crippen LogP contribution in [0.2, 0.25) is 0 Å². The van der Waals surface area contributed by atoms with Crippen LogP contribution in [0.5, 0.6) is 11.5 Å². The van der Waals surface area contributed by atoms with Crippen LogP contribution in [0.25, 0.3) is 0 Å². The van der Waals surface area contributed by atoms with Crippen LogP contribution >= 0.6 is 11.8 Å². The van der Waals surface area contributed by atoms with E-state index in [0.29, 0.717) is 41.8 Å². The smallest absolute Gasteiger partial charge is 0.228 e. The highest BCUT2D eigenvalue weighted by atomic mass is 32.2. The van der Waals surface area contributed by atoms with Crippen molar-refractivity contribution in [1.82, 2.24) is 0 Å². The number of hydrogen-bond donors (Lipinski definition) is 2. The zero-order valence-electron chi connectivity index (χ0n) is 16.8. The molecule has 0 spiro atoms. The van der Waals surface area contributed by atoms with E-state index in [4.69, 9.17) is 9.47 Å². The molecule has 2 amide bonds. The van der Waals surface area contributed by atoms with Crippen molar-refractivity contribution in [3.63, 3.8) is 0 Å². The van der Waals surface area contributed by atoms with E-state index in [1.165, 1.54) is 23.9 Å². The zero-order valence-corrected chi connectivity index (χ0v) is 18.5. The number of thioether (sulfide) groups is 1. The average Bonchev–Trinajstić information content (AvgIpc) is 2.90. The van der Waals surface area contributed by atoms with Gasteiger partial charge in [-0.2, -0.15) is 0 Å². The van der Waals surface area contributed by atoms with Crippen LogP contribution in [-0.2, 0) is 19.4 Å². The fourth-order valence-corrected chi connectivity index (χ4v) is 5.44. The van der Waals surface area contributed by atoms with Crippen molar-refractivity contribution in [1.29, 1.82) is 0 Å². The number of anilines is 2. The van der Waals surface area contributed by atoms with Crippen molar-refractivity contribution in [3.8, 4) is 11.5 Å². The number of fused-ring (bicyclic) bond motifs is 2. The van der Waals surface area contributed by atoms with Crippen LogP contribution in [0.3, 0.4) is 0 Å². The second kappa shape index (κ2) is 8.80. The molecule has 4 rings (SSSR count). The second-order valence-corrected chi connectivity index (χ2v) is 10.5. The molecule has 2 heterocycles. The normalized spacial score (nSPS) is 17.8. The number of benzene rings is 2. The minimum atomic E-state index is -3.70. The molecule has 2 aliphatic heterocycles. The maximum Gasteiger partial charge on any atom is 0.228 e. The Morgan fingerprint density at radius 1 is 1.16 bits per heavy atom. The molecule has 1 atom stereocenters. The number of carbonyl (C=O) groups excluding carboxylic acids is 2. The van der Waals surface area contributed by atoms with E-state index in [0.717, 1.165) is 4.90 Å². The molecule has 0 aliphatic carbocycles. The van der Waals surface area contributed by atoms with E-state index < -0.39 is 15.7 Å². The van der Waals surface area contributed by atoms with E-state index >= 15 is 0 Å². The Labute approximate surface area is 184 Å². The number of carbonyl (C=O) groups is 2. The topological polar surface area (TPSA) is 111 Å². The fraction of sp³-hybridized carbons (Fsp3) is 0.333. The Morgan fingerprint density at radius 2 is 1.94 bits per heavy atom. The molecule has 10 heteroatoms. The molecule has 0 unspecified atom stereocenters. The first-order valence-electron chi connectivity index (χ1n) is 9.82. The molecule has 0 saturated carbocycles. The van der Waals surface area contributed by atoms with Crippen LogP contribution in [-0.4, -0.2) is 45.0 Å². The van der Waals surface area contributed by atoms with Crippen LogP contribution in [0.4, 0.5) is 11.4 Å². The standard InChI is InChI=1S/C21H22N2O6S2/c1-13-12-30-19-5-3-15(11-16(19)23-21(13)25)31(26,27)9-6-20(24)22-14-2-4-17-18(10-14)29-8-7-28-17/h2-5,10-11,13H,6-9,12H2,1H3,(H,22,24)(H,23,25)/t13-/m1/s1. The summed E-state index contributed by atoms with van der Waals surface area (Å²) in [5, 5.41) is 5.47. The van der Waals surface area contributed by atoms with Gasteiger partial charge >= 0.3 is 0 Å². The lowest BCUT2D eigenvalue weighted by molar-refractivity contribution is -0.118. The SMILES string of the molecule is C[C@@H]1CSc2ccc(S(=O)(=O)CCC(=O)Nc3ccc4c(c3)OCCO4)cc2NC1=O. The minimum Gasteiger partial charge on any atom is -0.486 e. The highest BCUT2D eigenvalue weighted by Gasteiger charge is 2.23. The van der Waals surface area contributed by atoms with Gasteiger partial charge in [0.15, 0.2) is 21.3 Å². The van der Waals surface area contributed by atoms with Gasteiger partial charge in [-0.25, -0.2) is 8.42 Å². The van der Waals surface area contributed by atoms with Gasteiger partial charge in [-0.3, -0.25) is 9.59 Å². The van der Waals surface area contributed by atoms with Crippen LogP contribution < -0.4 is 20.1 Å². The predicted molar refractivity (Wildman–Crippen MR) is 118 cm³/mol. The summed E-state index contributed by atoms with van der Waals surface area (Å²) in [5.41, 5.74) is 0.992.